The first kappa shape index (κ1) is 12.5. The monoisotopic (exact) mass is 209 g/mol. The summed E-state index contributed by atoms with van der Waals surface area (Å²) < 4.78 is 0. The summed E-state index contributed by atoms with van der Waals surface area (Å²) >= 11 is 0. The molecule has 0 atom stereocenters. The number of unbranched alkanes of at least 4 members (excludes halogenated alkanes) is 1. The molecule has 1 saturated heterocycles. The van der Waals surface area contributed by atoms with Gasteiger partial charge in [0, 0.05) is 6.42 Å². The van der Waals surface area contributed by atoms with Gasteiger partial charge in [0.25, 0.3) is 0 Å². The maximum Gasteiger partial charge on any atom is 0.0622 e. The van der Waals surface area contributed by atoms with Crippen molar-refractivity contribution in [2.75, 3.05) is 32.7 Å². The lowest BCUT2D eigenvalue weighted by atomic mass is 9.97. The van der Waals surface area contributed by atoms with Gasteiger partial charge in [-0.25, -0.2) is 0 Å². The summed E-state index contributed by atoms with van der Waals surface area (Å²) in [5, 5.41) is 11.8. The van der Waals surface area contributed by atoms with E-state index in [2.05, 4.69) is 23.2 Å². The molecule has 0 bridgehead atoms. The Morgan fingerprint density at radius 2 is 2.13 bits per heavy atom. The fraction of sp³-hybridized carbons (Fsp3) is 0.917. The molecule has 0 radical (unpaired) electrons. The van der Waals surface area contributed by atoms with E-state index >= 15 is 0 Å². The highest BCUT2D eigenvalue weighted by Gasteiger charge is 2.16. The van der Waals surface area contributed by atoms with E-state index in [0.717, 1.165) is 25.4 Å². The maximum absolute atomic E-state index is 8.39. The third-order valence-corrected chi connectivity index (χ3v) is 3.23. The summed E-state index contributed by atoms with van der Waals surface area (Å²) in [6, 6.07) is 2.17. The average molecular weight is 209 g/mol. The van der Waals surface area contributed by atoms with Crippen molar-refractivity contribution < 1.29 is 0 Å². The number of nitrogens with zero attached hydrogens (tertiary/aromatic N) is 2. The topological polar surface area (TPSA) is 39.1 Å². The van der Waals surface area contributed by atoms with Crippen molar-refractivity contribution in [3.63, 3.8) is 0 Å². The molecule has 86 valence electrons. The van der Waals surface area contributed by atoms with Crippen LogP contribution in [0.5, 0.6) is 0 Å². The molecule has 0 unspecified atom stereocenters. The number of hydrogen-bond donors (Lipinski definition) is 1. The van der Waals surface area contributed by atoms with E-state index in [1.807, 2.05) is 0 Å². The molecule has 1 aliphatic heterocycles. The van der Waals surface area contributed by atoms with Gasteiger partial charge in [0.2, 0.25) is 0 Å². The highest BCUT2D eigenvalue weighted by Crippen LogP contribution is 2.15. The fourth-order valence-corrected chi connectivity index (χ4v) is 2.11. The second kappa shape index (κ2) is 7.67. The van der Waals surface area contributed by atoms with Crippen LogP contribution >= 0.6 is 0 Å². The lowest BCUT2D eigenvalue weighted by Crippen LogP contribution is -2.37. The van der Waals surface area contributed by atoms with Crippen molar-refractivity contribution >= 4 is 0 Å². The molecule has 3 nitrogen and oxygen atoms in total. The quantitative estimate of drug-likeness (QED) is 0.676. The van der Waals surface area contributed by atoms with Crippen molar-refractivity contribution in [1.29, 1.82) is 5.26 Å². The van der Waals surface area contributed by atoms with Gasteiger partial charge in [0.15, 0.2) is 0 Å². The standard InChI is InChI=1S/C12H23N3/c1-2-15-9-5-12(6-10-15)11-14-8-4-3-7-13/h12,14H,2-6,8-11H2,1H3. The molecule has 1 aliphatic rings. The van der Waals surface area contributed by atoms with E-state index in [1.165, 1.54) is 32.5 Å². The lowest BCUT2D eigenvalue weighted by Gasteiger charge is -2.31. The zero-order chi connectivity index (χ0) is 10.9. The average Bonchev–Trinajstić information content (AvgIpc) is 2.30. The molecule has 0 saturated carbocycles. The van der Waals surface area contributed by atoms with Crippen LogP contribution in [-0.2, 0) is 0 Å². The smallest absolute Gasteiger partial charge is 0.0622 e. The molecular formula is C12H23N3. The molecule has 0 spiro atoms. The molecule has 0 amide bonds. The molecule has 3 heteroatoms. The van der Waals surface area contributed by atoms with Gasteiger partial charge in [-0.2, -0.15) is 5.26 Å². The normalized spacial score (nSPS) is 18.9. The summed E-state index contributed by atoms with van der Waals surface area (Å²) in [7, 11) is 0. The van der Waals surface area contributed by atoms with Gasteiger partial charge < -0.3 is 10.2 Å². The summed E-state index contributed by atoms with van der Waals surface area (Å²) in [6.45, 7) is 8.11. The molecule has 1 heterocycles. The summed E-state index contributed by atoms with van der Waals surface area (Å²) in [5.74, 6) is 0.856. The van der Waals surface area contributed by atoms with Crippen LogP contribution in [0.25, 0.3) is 0 Å². The Balaban J connectivity index is 1.97. The Hall–Kier alpha value is -0.590. The van der Waals surface area contributed by atoms with Gasteiger partial charge in [0.05, 0.1) is 6.07 Å². The number of nitrogens with one attached hydrogen (secondary N) is 1. The van der Waals surface area contributed by atoms with Crippen LogP contribution in [0.1, 0.15) is 32.6 Å². The van der Waals surface area contributed by atoms with E-state index in [1.54, 1.807) is 0 Å². The predicted molar refractivity (Wildman–Crippen MR) is 62.6 cm³/mol. The largest absolute Gasteiger partial charge is 0.316 e. The summed E-state index contributed by atoms with van der Waals surface area (Å²) in [5.41, 5.74) is 0. The number of likely N-dealkylation sites (tertiary alicyclic amines) is 1. The first-order valence-electron chi connectivity index (χ1n) is 6.16. The minimum absolute atomic E-state index is 0.682. The van der Waals surface area contributed by atoms with Crippen LogP contribution in [0.2, 0.25) is 0 Å². The maximum atomic E-state index is 8.39. The minimum Gasteiger partial charge on any atom is -0.316 e. The Morgan fingerprint density at radius 1 is 1.40 bits per heavy atom. The van der Waals surface area contributed by atoms with Gasteiger partial charge >= 0.3 is 0 Å². The van der Waals surface area contributed by atoms with Crippen LogP contribution < -0.4 is 5.32 Å². The Kier molecular flexibility index (Phi) is 6.38. The SMILES string of the molecule is CCN1CCC(CNCCCC#N)CC1. The Bertz CT molecular complexity index is 190. The van der Waals surface area contributed by atoms with Crippen LogP contribution in [0.4, 0.5) is 0 Å². The predicted octanol–water partition coefficient (Wildman–Crippen LogP) is 1.61. The number of piperidine rings is 1. The van der Waals surface area contributed by atoms with E-state index in [4.69, 9.17) is 5.26 Å². The number of rotatable bonds is 6. The van der Waals surface area contributed by atoms with Crippen molar-refractivity contribution in [3.8, 4) is 6.07 Å². The van der Waals surface area contributed by atoms with Crippen LogP contribution in [0.3, 0.4) is 0 Å². The van der Waals surface area contributed by atoms with Crippen LogP contribution in [0.15, 0.2) is 0 Å². The number of hydrogen-bond acceptors (Lipinski definition) is 3. The van der Waals surface area contributed by atoms with E-state index in [0.29, 0.717) is 6.42 Å². The Labute approximate surface area is 93.5 Å². The van der Waals surface area contributed by atoms with Crippen molar-refractivity contribution in [2.24, 2.45) is 5.92 Å². The second-order valence-corrected chi connectivity index (χ2v) is 4.34. The van der Waals surface area contributed by atoms with Crippen molar-refractivity contribution in [2.45, 2.75) is 32.6 Å². The first-order chi connectivity index (χ1) is 7.36. The molecule has 0 aromatic carbocycles. The lowest BCUT2D eigenvalue weighted by molar-refractivity contribution is 0.190. The fourth-order valence-electron chi connectivity index (χ4n) is 2.11. The van der Waals surface area contributed by atoms with Gasteiger partial charge in [-0.05, 0) is 57.9 Å². The first-order valence-corrected chi connectivity index (χ1v) is 6.16. The molecule has 0 aromatic rings. The third kappa shape index (κ3) is 5.15. The van der Waals surface area contributed by atoms with Gasteiger partial charge in [-0.15, -0.1) is 0 Å². The molecular weight excluding hydrogens is 186 g/mol. The molecule has 1 rings (SSSR count). The zero-order valence-corrected chi connectivity index (χ0v) is 9.84. The van der Waals surface area contributed by atoms with Gasteiger partial charge in [0.1, 0.15) is 0 Å². The van der Waals surface area contributed by atoms with Crippen LogP contribution in [-0.4, -0.2) is 37.6 Å². The molecule has 15 heavy (non-hydrogen) atoms. The van der Waals surface area contributed by atoms with E-state index in [-0.39, 0.29) is 0 Å². The van der Waals surface area contributed by atoms with E-state index < -0.39 is 0 Å². The summed E-state index contributed by atoms with van der Waals surface area (Å²) in [4.78, 5) is 2.52. The summed E-state index contributed by atoms with van der Waals surface area (Å²) in [6.07, 6.45) is 4.34. The van der Waals surface area contributed by atoms with Crippen molar-refractivity contribution in [3.05, 3.63) is 0 Å². The molecule has 0 aromatic heterocycles. The van der Waals surface area contributed by atoms with E-state index in [9.17, 15) is 0 Å². The highest BCUT2D eigenvalue weighted by atomic mass is 15.1. The van der Waals surface area contributed by atoms with Crippen molar-refractivity contribution in [1.82, 2.24) is 10.2 Å². The van der Waals surface area contributed by atoms with Gasteiger partial charge in [-0.1, -0.05) is 6.92 Å². The minimum atomic E-state index is 0.682. The number of nitriles is 1. The molecule has 0 aliphatic carbocycles. The van der Waals surface area contributed by atoms with Gasteiger partial charge in [-0.3, -0.25) is 0 Å². The molecule has 1 N–H and O–H groups in total. The highest BCUT2D eigenvalue weighted by molar-refractivity contribution is 4.74. The zero-order valence-electron chi connectivity index (χ0n) is 9.84. The second-order valence-electron chi connectivity index (χ2n) is 4.34. The van der Waals surface area contributed by atoms with Crippen LogP contribution in [0, 0.1) is 17.2 Å². The third-order valence-electron chi connectivity index (χ3n) is 3.23. The molecule has 1 fully saturated rings. The Morgan fingerprint density at radius 3 is 2.73 bits per heavy atom.